The van der Waals surface area contributed by atoms with Crippen molar-refractivity contribution in [3.8, 4) is 0 Å². The lowest BCUT2D eigenvalue weighted by Crippen LogP contribution is -2.47. The van der Waals surface area contributed by atoms with Crippen molar-refractivity contribution >= 4 is 11.9 Å². The van der Waals surface area contributed by atoms with Gasteiger partial charge in [-0.05, 0) is 86.9 Å². The van der Waals surface area contributed by atoms with Crippen LogP contribution in [0.2, 0.25) is 0 Å². The van der Waals surface area contributed by atoms with Crippen LogP contribution in [-0.2, 0) is 19.1 Å². The molecule has 0 aromatic heterocycles. The molecule has 10 atom stereocenters. The predicted octanol–water partition coefficient (Wildman–Crippen LogP) is 5.31. The van der Waals surface area contributed by atoms with Crippen LogP contribution in [0.4, 0.5) is 0 Å². The summed E-state index contributed by atoms with van der Waals surface area (Å²) in [5.74, 6) is -0.0784. The molecule has 0 bridgehead atoms. The van der Waals surface area contributed by atoms with E-state index in [0.717, 1.165) is 64.2 Å². The molecule has 0 unspecified atom stereocenters. The van der Waals surface area contributed by atoms with Gasteiger partial charge in [0.25, 0.3) is 0 Å². The Morgan fingerprint density at radius 1 is 0.833 bits per heavy atom. The average Bonchev–Trinajstić information content (AvgIpc) is 3.25. The molecular formula is C30H43NO5. The van der Waals surface area contributed by atoms with Gasteiger partial charge in [0.1, 0.15) is 12.2 Å². The quantitative estimate of drug-likeness (QED) is 0.322. The third kappa shape index (κ3) is 3.89. The molecule has 2 saturated heterocycles. The second kappa shape index (κ2) is 8.69. The summed E-state index contributed by atoms with van der Waals surface area (Å²) in [6.07, 6.45) is 10.2. The number of carbonyl (C=O) groups is 2. The first-order valence-electron chi connectivity index (χ1n) is 14.3. The molecule has 0 radical (unpaired) electrons. The van der Waals surface area contributed by atoms with Gasteiger partial charge in [-0.25, -0.2) is 0 Å². The molecule has 2 heterocycles. The van der Waals surface area contributed by atoms with Crippen molar-refractivity contribution in [3.63, 3.8) is 0 Å². The van der Waals surface area contributed by atoms with E-state index in [0.29, 0.717) is 11.8 Å². The van der Waals surface area contributed by atoms with Crippen molar-refractivity contribution in [2.75, 3.05) is 13.1 Å². The number of hydroxylamine groups is 2. The molecule has 6 heteroatoms. The number of fused-ring (bicyclic) bond motifs is 4. The van der Waals surface area contributed by atoms with E-state index in [1.54, 1.807) is 0 Å². The van der Waals surface area contributed by atoms with E-state index >= 15 is 0 Å². The van der Waals surface area contributed by atoms with Gasteiger partial charge in [0.2, 0.25) is 0 Å². The summed E-state index contributed by atoms with van der Waals surface area (Å²) >= 11 is 0. The van der Waals surface area contributed by atoms with Crippen molar-refractivity contribution < 1.29 is 24.3 Å². The lowest BCUT2D eigenvalue weighted by atomic mass is 9.55. The van der Waals surface area contributed by atoms with E-state index in [-0.39, 0.29) is 71.7 Å². The van der Waals surface area contributed by atoms with Crippen molar-refractivity contribution in [2.24, 2.45) is 46.3 Å². The summed E-state index contributed by atoms with van der Waals surface area (Å²) in [5, 5.41) is 12.3. The van der Waals surface area contributed by atoms with E-state index in [4.69, 9.17) is 9.47 Å². The number of nitrogens with zero attached hydrogens (tertiary/aromatic N) is 1. The highest BCUT2D eigenvalue weighted by Gasteiger charge is 2.57. The minimum Gasteiger partial charge on any atom is -0.462 e. The Bertz CT molecular complexity index is 900. The summed E-state index contributed by atoms with van der Waals surface area (Å²) in [5.41, 5.74) is 2.95. The fourth-order valence-electron chi connectivity index (χ4n) is 9.46. The number of esters is 2. The van der Waals surface area contributed by atoms with Gasteiger partial charge in [-0.15, -0.1) is 0 Å². The zero-order valence-electron chi connectivity index (χ0n) is 22.0. The Morgan fingerprint density at radius 2 is 1.25 bits per heavy atom. The molecule has 6 aliphatic rings. The predicted molar refractivity (Wildman–Crippen MR) is 135 cm³/mol. The number of hydrogen-bond acceptors (Lipinski definition) is 6. The first kappa shape index (κ1) is 24.7. The third-order valence-corrected chi connectivity index (χ3v) is 11.5. The smallest absolute Gasteiger partial charge is 0.311 e. The van der Waals surface area contributed by atoms with Gasteiger partial charge >= 0.3 is 11.9 Å². The first-order valence-corrected chi connectivity index (χ1v) is 14.3. The highest BCUT2D eigenvalue weighted by Crippen LogP contribution is 2.58. The molecule has 6 rings (SSSR count). The highest BCUT2D eigenvalue weighted by molar-refractivity contribution is 5.76. The second-order valence-electron chi connectivity index (χ2n) is 13.7. The maximum atomic E-state index is 12.9. The highest BCUT2D eigenvalue weighted by atomic mass is 16.6. The van der Waals surface area contributed by atoms with Crippen LogP contribution < -0.4 is 0 Å². The minimum atomic E-state index is -0.361. The zero-order valence-corrected chi connectivity index (χ0v) is 22.0. The Kier molecular flexibility index (Phi) is 5.95. The molecule has 198 valence electrons. The van der Waals surface area contributed by atoms with E-state index in [1.165, 1.54) is 16.2 Å². The van der Waals surface area contributed by atoms with Crippen LogP contribution in [0.5, 0.6) is 0 Å². The van der Waals surface area contributed by atoms with Crippen LogP contribution >= 0.6 is 0 Å². The third-order valence-electron chi connectivity index (χ3n) is 11.5. The van der Waals surface area contributed by atoms with Crippen LogP contribution in [0.25, 0.3) is 0 Å². The van der Waals surface area contributed by atoms with Crippen molar-refractivity contribution in [1.82, 2.24) is 5.06 Å². The number of rotatable bonds is 4. The first-order chi connectivity index (χ1) is 17.1. The van der Waals surface area contributed by atoms with Crippen LogP contribution in [0.15, 0.2) is 24.3 Å². The van der Waals surface area contributed by atoms with E-state index < -0.39 is 0 Å². The van der Waals surface area contributed by atoms with Crippen molar-refractivity contribution in [1.29, 1.82) is 0 Å². The second-order valence-corrected chi connectivity index (χ2v) is 13.7. The Balaban J connectivity index is 1.13. The maximum Gasteiger partial charge on any atom is 0.311 e. The van der Waals surface area contributed by atoms with Gasteiger partial charge in [-0.3, -0.25) is 9.59 Å². The summed E-state index contributed by atoms with van der Waals surface area (Å²) in [6, 6.07) is 0. The van der Waals surface area contributed by atoms with Crippen molar-refractivity contribution in [2.45, 2.75) is 90.3 Å². The molecular weight excluding hydrogens is 454 g/mol. The molecule has 0 spiro atoms. The van der Waals surface area contributed by atoms with Crippen LogP contribution in [0.3, 0.4) is 0 Å². The van der Waals surface area contributed by atoms with E-state index in [1.807, 2.05) is 0 Å². The fourth-order valence-corrected chi connectivity index (χ4v) is 9.46. The molecule has 6 nitrogen and oxygen atoms in total. The van der Waals surface area contributed by atoms with E-state index in [2.05, 4.69) is 27.0 Å². The zero-order chi connectivity index (χ0) is 25.4. The van der Waals surface area contributed by atoms with Crippen LogP contribution in [0.1, 0.15) is 78.1 Å². The van der Waals surface area contributed by atoms with Crippen molar-refractivity contribution in [3.05, 3.63) is 24.3 Å². The number of allylic oxidation sites excluding steroid dienone is 2. The topological polar surface area (TPSA) is 76.1 Å². The van der Waals surface area contributed by atoms with Gasteiger partial charge in [-0.1, -0.05) is 38.2 Å². The number of carbonyl (C=O) groups excluding carboxylic acids is 2. The normalized spacial score (nSPS) is 48.1. The maximum absolute atomic E-state index is 12.9. The molecule has 0 aromatic rings. The molecule has 0 amide bonds. The Morgan fingerprint density at radius 3 is 1.67 bits per heavy atom. The van der Waals surface area contributed by atoms with Gasteiger partial charge in [0.05, 0.1) is 11.8 Å². The lowest BCUT2D eigenvalue weighted by Gasteiger charge is -2.50. The molecule has 4 aliphatic carbocycles. The number of hydrogen-bond donors (Lipinski definition) is 1. The Hall–Kier alpha value is -1.66. The van der Waals surface area contributed by atoms with Gasteiger partial charge < -0.3 is 14.7 Å². The summed E-state index contributed by atoms with van der Waals surface area (Å²) < 4.78 is 11.8. The van der Waals surface area contributed by atoms with Gasteiger partial charge in [-0.2, -0.15) is 5.06 Å². The molecule has 0 aromatic carbocycles. The summed E-state index contributed by atoms with van der Waals surface area (Å²) in [7, 11) is 0. The Labute approximate surface area is 215 Å². The largest absolute Gasteiger partial charge is 0.462 e. The van der Waals surface area contributed by atoms with Gasteiger partial charge in [0.15, 0.2) is 0 Å². The molecule has 1 N–H and O–H groups in total. The van der Waals surface area contributed by atoms with Crippen LogP contribution in [0, 0.1) is 46.3 Å². The molecule has 36 heavy (non-hydrogen) atoms. The van der Waals surface area contributed by atoms with E-state index in [9.17, 15) is 14.8 Å². The molecule has 4 saturated carbocycles. The average molecular weight is 498 g/mol. The summed E-state index contributed by atoms with van der Waals surface area (Å²) in [4.78, 5) is 25.9. The fraction of sp³-hybridized carbons (Fsp3) is 0.800. The monoisotopic (exact) mass is 497 g/mol. The SMILES string of the molecule is C=C1CCC[C@@]2(C)C[C@H]3OC(=O)[C@H](CN(O)C[C@@H]4C(=O)O[C@H]5C[C@@]6(C)CCCC(=C)[C@@H]6C[C@@H]54)[C@H]3C[C@H]12. The minimum absolute atomic E-state index is 0.0720. The van der Waals surface area contributed by atoms with Gasteiger partial charge in [0, 0.05) is 24.9 Å². The molecule has 2 aliphatic heterocycles. The summed E-state index contributed by atoms with van der Waals surface area (Å²) in [6.45, 7) is 13.8. The van der Waals surface area contributed by atoms with Crippen LogP contribution in [-0.4, -0.2) is 47.5 Å². The number of ether oxygens (including phenoxy) is 2. The standard InChI is InChI=1S/C30H43NO5/c1-17-7-5-9-29(3)13-25-19(11-23(17)29)21(27(32)35-25)15-31(34)16-22-20-12-24-18(2)8-6-10-30(24,4)14-26(20)36-28(22)33/h19-26,34H,1-2,5-16H2,3-4H3/t19-,20-,21-,22+,23-,24+,25-,26+,29+,30-/m1/s1. The molecule has 6 fully saturated rings. The lowest BCUT2D eigenvalue weighted by molar-refractivity contribution is -0.155.